The average Bonchev–Trinajstić information content (AvgIpc) is 2.60. The van der Waals surface area contributed by atoms with Crippen molar-refractivity contribution in [3.63, 3.8) is 0 Å². The lowest BCUT2D eigenvalue weighted by atomic mass is 9.94. The van der Waals surface area contributed by atoms with Gasteiger partial charge < -0.3 is 10.1 Å². The van der Waals surface area contributed by atoms with Crippen molar-refractivity contribution in [2.24, 2.45) is 0 Å². The largest absolute Gasteiger partial charge is 0.371 e. The van der Waals surface area contributed by atoms with Crippen molar-refractivity contribution in [3.8, 4) is 0 Å². The van der Waals surface area contributed by atoms with Crippen LogP contribution in [0.3, 0.4) is 0 Å². The smallest absolute Gasteiger partial charge is 0.244 e. The number of carbonyl (C=O) groups excluding carboxylic acids is 1. The van der Waals surface area contributed by atoms with Gasteiger partial charge in [-0.15, -0.1) is 0 Å². The molecule has 0 radical (unpaired) electrons. The molecule has 0 saturated heterocycles. The molecule has 3 nitrogen and oxygen atoms in total. The summed E-state index contributed by atoms with van der Waals surface area (Å²) in [6.45, 7) is 2.68. The average molecular weight is 307 g/mol. The molecule has 1 heterocycles. The third-order valence-corrected chi connectivity index (χ3v) is 4.08. The van der Waals surface area contributed by atoms with Crippen LogP contribution in [0.4, 0.5) is 0 Å². The fourth-order valence-electron chi connectivity index (χ4n) is 2.92. The van der Waals surface area contributed by atoms with Crippen LogP contribution < -0.4 is 5.32 Å². The van der Waals surface area contributed by atoms with Gasteiger partial charge in [-0.25, -0.2) is 0 Å². The van der Waals surface area contributed by atoms with E-state index in [1.165, 1.54) is 11.1 Å². The molecule has 1 amide bonds. The van der Waals surface area contributed by atoms with E-state index in [0.29, 0.717) is 6.61 Å². The van der Waals surface area contributed by atoms with E-state index in [9.17, 15) is 4.79 Å². The van der Waals surface area contributed by atoms with E-state index in [-0.39, 0.29) is 18.1 Å². The number of hydrogen-bond donors (Lipinski definition) is 1. The second kappa shape index (κ2) is 7.25. The highest BCUT2D eigenvalue weighted by Gasteiger charge is 2.26. The molecule has 0 aromatic heterocycles. The summed E-state index contributed by atoms with van der Waals surface area (Å²) >= 11 is 0. The first-order chi connectivity index (χ1) is 11.2. The molecule has 1 aliphatic rings. The van der Waals surface area contributed by atoms with Crippen molar-refractivity contribution in [2.45, 2.75) is 25.5 Å². The number of amides is 1. The van der Waals surface area contributed by atoms with Crippen LogP contribution in [0.25, 0.3) is 6.08 Å². The van der Waals surface area contributed by atoms with Gasteiger partial charge in [-0.1, -0.05) is 54.6 Å². The van der Waals surface area contributed by atoms with Crippen molar-refractivity contribution >= 4 is 12.0 Å². The van der Waals surface area contributed by atoms with Gasteiger partial charge in [-0.3, -0.25) is 4.79 Å². The Morgan fingerprint density at radius 3 is 2.74 bits per heavy atom. The zero-order valence-corrected chi connectivity index (χ0v) is 13.2. The van der Waals surface area contributed by atoms with Crippen LogP contribution >= 0.6 is 0 Å². The van der Waals surface area contributed by atoms with Gasteiger partial charge in [-0.2, -0.15) is 0 Å². The first-order valence-corrected chi connectivity index (χ1v) is 7.97. The van der Waals surface area contributed by atoms with Gasteiger partial charge in [0.05, 0.1) is 12.6 Å². The molecule has 0 fully saturated rings. The van der Waals surface area contributed by atoms with E-state index in [2.05, 4.69) is 17.4 Å². The molecule has 3 rings (SSSR count). The van der Waals surface area contributed by atoms with Crippen LogP contribution in [0.1, 0.15) is 29.7 Å². The van der Waals surface area contributed by atoms with Crippen molar-refractivity contribution < 1.29 is 9.53 Å². The summed E-state index contributed by atoms with van der Waals surface area (Å²) < 4.78 is 5.89. The van der Waals surface area contributed by atoms with Crippen molar-refractivity contribution in [1.82, 2.24) is 5.32 Å². The lowest BCUT2D eigenvalue weighted by molar-refractivity contribution is -0.118. The fourth-order valence-corrected chi connectivity index (χ4v) is 2.92. The standard InChI is InChI=1S/C20H21NO2/c1-15(20-18-10-6-5-9-17(18)13-14-23-20)21-19(22)12-11-16-7-3-2-4-8-16/h2-12,15,20H,13-14H2,1H3,(H,21,22)/b12-11+. The molecule has 23 heavy (non-hydrogen) atoms. The summed E-state index contributed by atoms with van der Waals surface area (Å²) in [5.41, 5.74) is 3.50. The van der Waals surface area contributed by atoms with Crippen molar-refractivity contribution in [1.29, 1.82) is 0 Å². The normalized spacial score (nSPS) is 18.4. The molecule has 0 spiro atoms. The molecule has 0 aliphatic carbocycles. The molecule has 0 saturated carbocycles. The second-order valence-corrected chi connectivity index (χ2v) is 5.78. The molecule has 1 aliphatic heterocycles. The quantitative estimate of drug-likeness (QED) is 0.878. The summed E-state index contributed by atoms with van der Waals surface area (Å²) in [4.78, 5) is 12.1. The molecular formula is C20H21NO2. The molecule has 2 aromatic carbocycles. The summed E-state index contributed by atoms with van der Waals surface area (Å²) in [6, 6.07) is 18.0. The molecule has 2 aromatic rings. The van der Waals surface area contributed by atoms with Crippen LogP contribution in [0.5, 0.6) is 0 Å². The Bertz CT molecular complexity index is 694. The first kappa shape index (κ1) is 15.5. The van der Waals surface area contributed by atoms with E-state index in [1.807, 2.05) is 55.5 Å². The number of rotatable bonds is 4. The third kappa shape index (κ3) is 3.88. The fraction of sp³-hybridized carbons (Fsp3) is 0.250. The molecule has 1 N–H and O–H groups in total. The van der Waals surface area contributed by atoms with Crippen molar-refractivity contribution in [3.05, 3.63) is 77.4 Å². The van der Waals surface area contributed by atoms with Crippen LogP contribution in [-0.4, -0.2) is 18.6 Å². The number of fused-ring (bicyclic) bond motifs is 1. The van der Waals surface area contributed by atoms with Crippen LogP contribution in [0.15, 0.2) is 60.7 Å². The number of carbonyl (C=O) groups is 1. The molecule has 2 unspecified atom stereocenters. The van der Waals surface area contributed by atoms with Gasteiger partial charge >= 0.3 is 0 Å². The van der Waals surface area contributed by atoms with Gasteiger partial charge in [-0.05, 0) is 36.1 Å². The molecule has 118 valence electrons. The van der Waals surface area contributed by atoms with Gasteiger partial charge in [0.1, 0.15) is 6.10 Å². The molecule has 3 heteroatoms. The maximum absolute atomic E-state index is 12.1. The predicted octanol–water partition coefficient (Wildman–Crippen LogP) is 3.52. The third-order valence-electron chi connectivity index (χ3n) is 4.08. The SMILES string of the molecule is CC(NC(=O)/C=C/c1ccccc1)C1OCCc2ccccc21. The van der Waals surface area contributed by atoms with Gasteiger partial charge in [0.15, 0.2) is 0 Å². The minimum Gasteiger partial charge on any atom is -0.371 e. The van der Waals surface area contributed by atoms with Gasteiger partial charge in [0.25, 0.3) is 0 Å². The lowest BCUT2D eigenvalue weighted by Crippen LogP contribution is -2.39. The highest BCUT2D eigenvalue weighted by molar-refractivity contribution is 5.91. The monoisotopic (exact) mass is 307 g/mol. The Morgan fingerprint density at radius 2 is 1.91 bits per heavy atom. The zero-order valence-electron chi connectivity index (χ0n) is 13.2. The Labute approximate surface area is 137 Å². The number of hydrogen-bond acceptors (Lipinski definition) is 2. The van der Waals surface area contributed by atoms with E-state index in [1.54, 1.807) is 6.08 Å². The molecule has 2 atom stereocenters. The summed E-state index contributed by atoms with van der Waals surface area (Å²) in [5, 5.41) is 3.01. The minimum atomic E-state index is -0.104. The highest BCUT2D eigenvalue weighted by Crippen LogP contribution is 2.29. The van der Waals surface area contributed by atoms with E-state index in [0.717, 1.165) is 12.0 Å². The summed E-state index contributed by atoms with van der Waals surface area (Å²) in [7, 11) is 0. The maximum Gasteiger partial charge on any atom is 0.244 e. The van der Waals surface area contributed by atoms with Crippen LogP contribution in [-0.2, 0) is 16.0 Å². The summed E-state index contributed by atoms with van der Waals surface area (Å²) in [5.74, 6) is -0.104. The molecule has 0 bridgehead atoms. The van der Waals surface area contributed by atoms with Gasteiger partial charge in [0, 0.05) is 6.08 Å². The van der Waals surface area contributed by atoms with Crippen LogP contribution in [0.2, 0.25) is 0 Å². The lowest BCUT2D eigenvalue weighted by Gasteiger charge is -2.30. The Hall–Kier alpha value is -2.39. The van der Waals surface area contributed by atoms with Gasteiger partial charge in [0.2, 0.25) is 5.91 Å². The van der Waals surface area contributed by atoms with Crippen LogP contribution in [0, 0.1) is 0 Å². The van der Waals surface area contributed by atoms with E-state index >= 15 is 0 Å². The van der Waals surface area contributed by atoms with E-state index < -0.39 is 0 Å². The number of benzene rings is 2. The van der Waals surface area contributed by atoms with E-state index in [4.69, 9.17) is 4.74 Å². The highest BCUT2D eigenvalue weighted by atomic mass is 16.5. The first-order valence-electron chi connectivity index (χ1n) is 7.97. The minimum absolute atomic E-state index is 0.0793. The van der Waals surface area contributed by atoms with Crippen molar-refractivity contribution in [2.75, 3.05) is 6.61 Å². The Balaban J connectivity index is 1.64. The predicted molar refractivity (Wildman–Crippen MR) is 91.9 cm³/mol. The Kier molecular flexibility index (Phi) is 4.89. The maximum atomic E-state index is 12.1. The topological polar surface area (TPSA) is 38.3 Å². The second-order valence-electron chi connectivity index (χ2n) is 5.78. The number of nitrogens with one attached hydrogen (secondary N) is 1. The zero-order chi connectivity index (χ0) is 16.1. The summed E-state index contributed by atoms with van der Waals surface area (Å²) in [6.07, 6.45) is 4.23. The Morgan fingerprint density at radius 1 is 1.17 bits per heavy atom. The molecular weight excluding hydrogens is 286 g/mol. The number of ether oxygens (including phenoxy) is 1.